The normalized spacial score (nSPS) is 44.6. The van der Waals surface area contributed by atoms with Crippen LogP contribution in [0.3, 0.4) is 0 Å². The van der Waals surface area contributed by atoms with Gasteiger partial charge in [-0.15, -0.1) is 0 Å². The van der Waals surface area contributed by atoms with Crippen molar-refractivity contribution < 1.29 is 19.4 Å². The minimum absolute atomic E-state index is 0.000197. The van der Waals surface area contributed by atoms with E-state index in [1.165, 1.54) is 24.0 Å². The van der Waals surface area contributed by atoms with Crippen LogP contribution in [0.15, 0.2) is 47.6 Å². The minimum atomic E-state index is -0.858. The Morgan fingerprint density at radius 2 is 1.94 bits per heavy atom. The van der Waals surface area contributed by atoms with E-state index in [4.69, 9.17) is 9.84 Å². The van der Waals surface area contributed by atoms with Crippen molar-refractivity contribution in [3.63, 3.8) is 0 Å². The zero-order valence-corrected chi connectivity index (χ0v) is 21.3. The summed E-state index contributed by atoms with van der Waals surface area (Å²) in [6.45, 7) is 17.5. The Morgan fingerprint density at radius 1 is 1.21 bits per heavy atom. The molecule has 1 N–H and O–H groups in total. The smallest absolute Gasteiger partial charge is 0.330 e. The summed E-state index contributed by atoms with van der Waals surface area (Å²) >= 11 is 0. The Kier molecular flexibility index (Phi) is 5.18. The molecule has 1 saturated heterocycles. The van der Waals surface area contributed by atoms with Crippen molar-refractivity contribution in [1.29, 1.82) is 0 Å². The lowest BCUT2D eigenvalue weighted by Gasteiger charge is -2.62. The second-order valence-electron chi connectivity index (χ2n) is 12.5. The van der Waals surface area contributed by atoms with Gasteiger partial charge in [0.05, 0.1) is 0 Å². The maximum absolute atomic E-state index is 12.7. The molecule has 1 heterocycles. The van der Waals surface area contributed by atoms with Crippen molar-refractivity contribution in [2.75, 3.05) is 0 Å². The molecule has 2 spiro atoms. The number of carboxylic acids is 1. The van der Waals surface area contributed by atoms with Gasteiger partial charge in [-0.3, -0.25) is 4.79 Å². The standard InChI is InChI=1S/C30H40O4/c1-18(2)22-16-23-25-28(6)12-10-21(19(3)8-7-9-20(4)26(32)33)27(28,5)14-15-30(25)17-29(22,30)13-11-24(31)34-23/h9-10,22-23,25H,1,3,7-8,11-17H2,2,4-6H3,(H,32,33)/b20-9-/t22-,23-,25+,27-,28+,29-,30+/m1/s1. The Morgan fingerprint density at radius 3 is 2.62 bits per heavy atom. The van der Waals surface area contributed by atoms with E-state index >= 15 is 0 Å². The van der Waals surface area contributed by atoms with Crippen molar-refractivity contribution in [3.8, 4) is 0 Å². The van der Waals surface area contributed by atoms with Crippen LogP contribution in [0, 0.1) is 33.5 Å². The highest BCUT2D eigenvalue weighted by Gasteiger charge is 2.82. The van der Waals surface area contributed by atoms with E-state index in [1.54, 1.807) is 13.0 Å². The fourth-order valence-electron chi connectivity index (χ4n) is 9.38. The van der Waals surface area contributed by atoms with Crippen molar-refractivity contribution >= 4 is 11.9 Å². The number of aliphatic carboxylic acids is 1. The summed E-state index contributed by atoms with van der Waals surface area (Å²) in [6.07, 6.45) is 12.6. The molecule has 184 valence electrons. The zero-order chi connectivity index (χ0) is 24.7. The quantitative estimate of drug-likeness (QED) is 0.267. The number of carbonyl (C=O) groups excluding carboxylic acids is 1. The van der Waals surface area contributed by atoms with Crippen molar-refractivity contribution in [3.05, 3.63) is 47.6 Å². The lowest BCUT2D eigenvalue weighted by Crippen LogP contribution is -2.59. The van der Waals surface area contributed by atoms with Gasteiger partial charge in [0.25, 0.3) is 0 Å². The van der Waals surface area contributed by atoms with Crippen molar-refractivity contribution in [1.82, 2.24) is 0 Å². The third kappa shape index (κ3) is 2.89. The van der Waals surface area contributed by atoms with Gasteiger partial charge in [0.1, 0.15) is 6.10 Å². The molecule has 3 saturated carbocycles. The summed E-state index contributed by atoms with van der Waals surface area (Å²) in [4.78, 5) is 23.8. The molecule has 2 bridgehead atoms. The third-order valence-electron chi connectivity index (χ3n) is 11.2. The van der Waals surface area contributed by atoms with Gasteiger partial charge in [-0.1, -0.05) is 50.3 Å². The predicted octanol–water partition coefficient (Wildman–Crippen LogP) is 6.78. The van der Waals surface area contributed by atoms with Crippen LogP contribution in [-0.2, 0) is 14.3 Å². The number of hydrogen-bond acceptors (Lipinski definition) is 3. The van der Waals surface area contributed by atoms with E-state index in [1.807, 2.05) is 0 Å². The molecule has 1 aliphatic heterocycles. The fourth-order valence-corrected chi connectivity index (χ4v) is 9.38. The first kappa shape index (κ1) is 23.6. The average molecular weight is 465 g/mol. The SMILES string of the molecule is C=C(CC/C=C(/C)C(=O)O)C1=CC[C@@]2(C)[C@@H]3[C@H]4C[C@H](C(=C)C)[C@@]5(CCC(=O)O4)C[C@@]35CC[C@]12C. The first-order valence-corrected chi connectivity index (χ1v) is 13.1. The molecule has 4 nitrogen and oxygen atoms in total. The number of ether oxygens (including phenoxy) is 1. The van der Waals surface area contributed by atoms with Crippen LogP contribution < -0.4 is 0 Å². The Hall–Kier alpha value is -2.10. The summed E-state index contributed by atoms with van der Waals surface area (Å²) in [6, 6.07) is 0. The van der Waals surface area contributed by atoms with E-state index in [-0.39, 0.29) is 33.7 Å². The Balaban J connectivity index is 1.45. The molecule has 5 aliphatic rings. The molecule has 0 aromatic carbocycles. The highest BCUT2D eigenvalue weighted by Crippen LogP contribution is 2.87. The van der Waals surface area contributed by atoms with Crippen LogP contribution in [-0.4, -0.2) is 23.1 Å². The second kappa shape index (κ2) is 7.45. The minimum Gasteiger partial charge on any atom is -0.478 e. The molecule has 0 amide bonds. The number of esters is 1. The fraction of sp³-hybridized carbons (Fsp3) is 0.667. The average Bonchev–Trinajstić information content (AvgIpc) is 3.32. The van der Waals surface area contributed by atoms with Crippen LogP contribution in [0.2, 0.25) is 0 Å². The van der Waals surface area contributed by atoms with Crippen molar-refractivity contribution in [2.24, 2.45) is 33.5 Å². The largest absolute Gasteiger partial charge is 0.478 e. The lowest BCUT2D eigenvalue weighted by molar-refractivity contribution is -0.192. The summed E-state index contributed by atoms with van der Waals surface area (Å²) in [7, 11) is 0. The summed E-state index contributed by atoms with van der Waals surface area (Å²) in [5.41, 5.74) is 4.67. The van der Waals surface area contributed by atoms with E-state index in [0.717, 1.165) is 37.7 Å². The Bertz CT molecular complexity index is 1050. The van der Waals surface area contributed by atoms with Gasteiger partial charge in [0.2, 0.25) is 0 Å². The van der Waals surface area contributed by atoms with Gasteiger partial charge in [-0.25, -0.2) is 4.79 Å². The van der Waals surface area contributed by atoms with E-state index in [9.17, 15) is 9.59 Å². The number of carbonyl (C=O) groups is 2. The molecule has 0 radical (unpaired) electrons. The van der Waals surface area contributed by atoms with Gasteiger partial charge in [-0.05, 0) is 98.4 Å². The highest BCUT2D eigenvalue weighted by molar-refractivity contribution is 5.85. The van der Waals surface area contributed by atoms with Gasteiger partial charge >= 0.3 is 11.9 Å². The number of fused-ring (bicyclic) bond motifs is 5. The molecule has 0 aromatic heterocycles. The topological polar surface area (TPSA) is 63.6 Å². The number of carboxylic acid groups (broad SMARTS) is 1. The van der Waals surface area contributed by atoms with Crippen LogP contribution in [0.5, 0.6) is 0 Å². The molecule has 7 atom stereocenters. The van der Waals surface area contributed by atoms with Crippen LogP contribution in [0.4, 0.5) is 0 Å². The maximum Gasteiger partial charge on any atom is 0.330 e. The van der Waals surface area contributed by atoms with E-state index in [2.05, 4.69) is 40.0 Å². The summed E-state index contributed by atoms with van der Waals surface area (Å²) in [5.74, 6) is -0.0441. The van der Waals surface area contributed by atoms with Crippen LogP contribution >= 0.6 is 0 Å². The maximum atomic E-state index is 12.7. The number of hydrogen-bond donors (Lipinski definition) is 1. The molecule has 0 unspecified atom stereocenters. The molecular formula is C30H40O4. The van der Waals surface area contributed by atoms with Gasteiger partial charge < -0.3 is 9.84 Å². The molecule has 5 rings (SSSR count). The van der Waals surface area contributed by atoms with Gasteiger partial charge in [-0.2, -0.15) is 0 Å². The first-order valence-electron chi connectivity index (χ1n) is 13.1. The third-order valence-corrected chi connectivity index (χ3v) is 11.2. The molecule has 4 aliphatic carbocycles. The van der Waals surface area contributed by atoms with Gasteiger partial charge in [0.15, 0.2) is 0 Å². The predicted molar refractivity (Wildman–Crippen MR) is 133 cm³/mol. The van der Waals surface area contributed by atoms with E-state index < -0.39 is 5.97 Å². The van der Waals surface area contributed by atoms with E-state index in [0.29, 0.717) is 30.3 Å². The second-order valence-corrected chi connectivity index (χ2v) is 12.5. The number of rotatable bonds is 6. The van der Waals surface area contributed by atoms with Crippen molar-refractivity contribution in [2.45, 2.75) is 91.6 Å². The van der Waals surface area contributed by atoms with Crippen LogP contribution in [0.1, 0.15) is 85.5 Å². The highest BCUT2D eigenvalue weighted by atomic mass is 16.5. The molecule has 4 heteroatoms. The summed E-state index contributed by atoms with van der Waals surface area (Å²) in [5, 5.41) is 9.15. The lowest BCUT2D eigenvalue weighted by atomic mass is 9.43. The number of allylic oxidation sites excluding steroid dienone is 5. The monoisotopic (exact) mass is 464 g/mol. The molecular weight excluding hydrogens is 424 g/mol. The first-order chi connectivity index (χ1) is 15.9. The molecule has 0 aromatic rings. The molecule has 4 fully saturated rings. The molecule has 34 heavy (non-hydrogen) atoms. The van der Waals surface area contributed by atoms with Crippen LogP contribution in [0.25, 0.3) is 0 Å². The Labute approximate surface area is 204 Å². The summed E-state index contributed by atoms with van der Waals surface area (Å²) < 4.78 is 6.26. The zero-order valence-electron chi connectivity index (χ0n) is 21.3. The van der Waals surface area contributed by atoms with Gasteiger partial charge in [0, 0.05) is 17.9 Å².